The maximum Gasteiger partial charge on any atom is 0.316 e. The van der Waals surface area contributed by atoms with Crippen LogP contribution in [0.5, 0.6) is 0 Å². The number of carbonyl (C=O) groups is 2. The third kappa shape index (κ3) is 11.7. The lowest BCUT2D eigenvalue weighted by Crippen LogP contribution is -2.56. The molecule has 6 N–H and O–H groups in total. The molecule has 0 aromatic heterocycles. The first kappa shape index (κ1) is 31.9. The Kier molecular flexibility index (Phi) is 15.8. The van der Waals surface area contributed by atoms with Gasteiger partial charge in [0, 0.05) is 6.42 Å². The molecule has 0 radical (unpaired) electrons. The fraction of sp³-hybridized carbons (Fsp3) is 0.923. The molecule has 35 heavy (non-hydrogen) atoms. The minimum atomic E-state index is -1.49. The number of carboxylic acids is 1. The van der Waals surface area contributed by atoms with Gasteiger partial charge in [0.1, 0.15) is 24.2 Å². The van der Waals surface area contributed by atoms with E-state index in [9.17, 15) is 40.2 Å². The van der Waals surface area contributed by atoms with E-state index in [1.807, 2.05) is 0 Å². The standard InChI is InChI=1S/C26H48O9/c1-3-4-5-7-11-14-19(28)22(26(33)34)20(29)16-18(27)13-10-8-6-9-12-15-21-24(31)25(32)23(30)17(2)35-21/h17-19,21-25,27-28,30-32H,3-16H2,1-2H3,(H,33,34)/t17-,18?,19?,21?,22?,23-,24-,25+/m0/s1. The summed E-state index contributed by atoms with van der Waals surface area (Å²) in [4.78, 5) is 24.0. The molecule has 1 fully saturated rings. The highest BCUT2D eigenvalue weighted by molar-refractivity contribution is 5.99. The van der Waals surface area contributed by atoms with Gasteiger partial charge >= 0.3 is 5.97 Å². The van der Waals surface area contributed by atoms with E-state index in [1.54, 1.807) is 6.92 Å². The number of rotatable bonds is 19. The maximum absolute atomic E-state index is 12.4. The summed E-state index contributed by atoms with van der Waals surface area (Å²) >= 11 is 0. The van der Waals surface area contributed by atoms with Gasteiger partial charge in [0.05, 0.1) is 24.4 Å². The molecule has 9 heteroatoms. The van der Waals surface area contributed by atoms with Crippen molar-refractivity contribution in [2.75, 3.05) is 0 Å². The molecule has 1 rings (SSSR count). The van der Waals surface area contributed by atoms with Crippen LogP contribution in [0.2, 0.25) is 0 Å². The molecule has 8 atom stereocenters. The molecule has 4 unspecified atom stereocenters. The fourth-order valence-corrected chi connectivity index (χ4v) is 4.73. The van der Waals surface area contributed by atoms with E-state index >= 15 is 0 Å². The number of hydrogen-bond donors (Lipinski definition) is 6. The van der Waals surface area contributed by atoms with Gasteiger partial charge in [-0.3, -0.25) is 9.59 Å². The van der Waals surface area contributed by atoms with Crippen LogP contribution >= 0.6 is 0 Å². The first-order valence-electron chi connectivity index (χ1n) is 13.4. The van der Waals surface area contributed by atoms with Crippen molar-refractivity contribution in [3.05, 3.63) is 0 Å². The maximum atomic E-state index is 12.4. The molecule has 0 bridgehead atoms. The molecular formula is C26H48O9. The quantitative estimate of drug-likeness (QED) is 0.114. The minimum absolute atomic E-state index is 0.268. The Bertz CT molecular complexity index is 599. The molecule has 9 nitrogen and oxygen atoms in total. The number of ketones is 1. The van der Waals surface area contributed by atoms with Crippen molar-refractivity contribution in [2.45, 2.75) is 146 Å². The fourth-order valence-electron chi connectivity index (χ4n) is 4.73. The van der Waals surface area contributed by atoms with E-state index in [4.69, 9.17) is 4.74 Å². The second-order valence-corrected chi connectivity index (χ2v) is 10.1. The summed E-state index contributed by atoms with van der Waals surface area (Å²) in [6.45, 7) is 3.76. The highest BCUT2D eigenvalue weighted by Crippen LogP contribution is 2.25. The Morgan fingerprint density at radius 1 is 0.800 bits per heavy atom. The molecular weight excluding hydrogens is 456 g/mol. The van der Waals surface area contributed by atoms with Crippen LogP contribution in [-0.4, -0.2) is 85.1 Å². The molecule has 1 heterocycles. The SMILES string of the molecule is CCCCCCCC(O)C(C(=O)O)C(=O)CC(O)CCCCCCCC1O[C@@H](C)[C@H](O)[C@@H](O)[C@H]1O. The van der Waals surface area contributed by atoms with E-state index in [-0.39, 0.29) is 12.8 Å². The van der Waals surface area contributed by atoms with Crippen molar-refractivity contribution in [3.8, 4) is 0 Å². The van der Waals surface area contributed by atoms with Gasteiger partial charge in [-0.15, -0.1) is 0 Å². The van der Waals surface area contributed by atoms with Crippen LogP contribution < -0.4 is 0 Å². The lowest BCUT2D eigenvalue weighted by molar-refractivity contribution is -0.218. The summed E-state index contributed by atoms with van der Waals surface area (Å²) < 4.78 is 5.58. The van der Waals surface area contributed by atoms with Crippen molar-refractivity contribution in [1.82, 2.24) is 0 Å². The Morgan fingerprint density at radius 3 is 2.00 bits per heavy atom. The summed E-state index contributed by atoms with van der Waals surface area (Å²) in [5, 5.41) is 59.5. The van der Waals surface area contributed by atoms with Crippen LogP contribution in [0.4, 0.5) is 0 Å². The zero-order valence-electron chi connectivity index (χ0n) is 21.4. The van der Waals surface area contributed by atoms with Crippen molar-refractivity contribution >= 4 is 11.8 Å². The van der Waals surface area contributed by atoms with Gasteiger partial charge in [0.15, 0.2) is 5.78 Å². The van der Waals surface area contributed by atoms with Gasteiger partial charge in [0.25, 0.3) is 0 Å². The number of ether oxygens (including phenoxy) is 1. The highest BCUT2D eigenvalue weighted by atomic mass is 16.5. The summed E-state index contributed by atoms with van der Waals surface area (Å²) in [6.07, 6.45) is 3.20. The number of hydrogen-bond acceptors (Lipinski definition) is 8. The number of aliphatic carboxylic acids is 1. The molecule has 0 amide bonds. The Hall–Kier alpha value is -1.10. The van der Waals surface area contributed by atoms with Gasteiger partial charge in [-0.1, -0.05) is 71.1 Å². The molecule has 206 valence electrons. The van der Waals surface area contributed by atoms with Gasteiger partial charge in [-0.05, 0) is 26.2 Å². The van der Waals surface area contributed by atoms with Gasteiger partial charge in [0.2, 0.25) is 0 Å². The van der Waals surface area contributed by atoms with Gasteiger partial charge < -0.3 is 35.4 Å². The average molecular weight is 505 g/mol. The van der Waals surface area contributed by atoms with Gasteiger partial charge in [-0.25, -0.2) is 0 Å². The van der Waals surface area contributed by atoms with E-state index in [2.05, 4.69) is 6.92 Å². The first-order valence-corrected chi connectivity index (χ1v) is 13.4. The topological polar surface area (TPSA) is 165 Å². The zero-order chi connectivity index (χ0) is 26.4. The number of unbranched alkanes of at least 4 members (excludes halogenated alkanes) is 8. The zero-order valence-corrected chi connectivity index (χ0v) is 21.4. The van der Waals surface area contributed by atoms with Gasteiger partial charge in [-0.2, -0.15) is 0 Å². The predicted molar refractivity (Wildman–Crippen MR) is 131 cm³/mol. The lowest BCUT2D eigenvalue weighted by atomic mass is 9.89. The number of carbonyl (C=O) groups excluding carboxylic acids is 1. The number of aliphatic hydroxyl groups excluding tert-OH is 5. The molecule has 0 aromatic carbocycles. The third-order valence-corrected chi connectivity index (χ3v) is 7.02. The van der Waals surface area contributed by atoms with E-state index in [1.165, 1.54) is 0 Å². The highest BCUT2D eigenvalue weighted by Gasteiger charge is 2.41. The van der Waals surface area contributed by atoms with Crippen LogP contribution in [0.3, 0.4) is 0 Å². The smallest absolute Gasteiger partial charge is 0.316 e. The normalized spacial score (nSPS) is 27.3. The monoisotopic (exact) mass is 504 g/mol. The summed E-state index contributed by atoms with van der Waals surface area (Å²) in [5.74, 6) is -3.46. The molecule has 1 saturated heterocycles. The molecule has 0 aliphatic carbocycles. The van der Waals surface area contributed by atoms with Crippen LogP contribution in [-0.2, 0) is 14.3 Å². The van der Waals surface area contributed by atoms with E-state index < -0.39 is 60.4 Å². The average Bonchev–Trinajstić information content (AvgIpc) is 2.79. The van der Waals surface area contributed by atoms with Crippen LogP contribution in [0, 0.1) is 5.92 Å². The van der Waals surface area contributed by atoms with Crippen LogP contribution in [0.1, 0.15) is 104 Å². The number of Topliss-reactive ketones (excluding diaryl/α,β-unsaturated/α-hetero) is 1. The Labute approximate surface area is 209 Å². The molecule has 1 aliphatic heterocycles. The second-order valence-electron chi connectivity index (χ2n) is 10.1. The largest absolute Gasteiger partial charge is 0.481 e. The van der Waals surface area contributed by atoms with Crippen molar-refractivity contribution < 1.29 is 45.0 Å². The molecule has 0 spiro atoms. The minimum Gasteiger partial charge on any atom is -0.481 e. The molecule has 0 aromatic rings. The molecule has 1 aliphatic rings. The first-order chi connectivity index (χ1) is 16.6. The van der Waals surface area contributed by atoms with Crippen molar-refractivity contribution in [1.29, 1.82) is 0 Å². The van der Waals surface area contributed by atoms with E-state index in [0.29, 0.717) is 25.7 Å². The Morgan fingerprint density at radius 2 is 1.37 bits per heavy atom. The van der Waals surface area contributed by atoms with Crippen molar-refractivity contribution in [3.63, 3.8) is 0 Å². The van der Waals surface area contributed by atoms with Crippen LogP contribution in [0.25, 0.3) is 0 Å². The third-order valence-electron chi connectivity index (χ3n) is 7.02. The van der Waals surface area contributed by atoms with E-state index in [0.717, 1.165) is 51.4 Å². The summed E-state index contributed by atoms with van der Waals surface area (Å²) in [6, 6.07) is 0. The number of aliphatic hydroxyl groups is 5. The second kappa shape index (κ2) is 17.4. The summed E-state index contributed by atoms with van der Waals surface area (Å²) in [7, 11) is 0. The summed E-state index contributed by atoms with van der Waals surface area (Å²) in [5.41, 5.74) is 0. The predicted octanol–water partition coefficient (Wildman–Crippen LogP) is 2.33. The lowest BCUT2D eigenvalue weighted by Gasteiger charge is -2.39. The van der Waals surface area contributed by atoms with Crippen molar-refractivity contribution in [2.24, 2.45) is 5.92 Å². The van der Waals surface area contributed by atoms with Crippen LogP contribution in [0.15, 0.2) is 0 Å². The number of carboxylic acid groups (broad SMARTS) is 1. The Balaban J connectivity index is 2.22. The molecule has 0 saturated carbocycles.